The average Bonchev–Trinajstić information content (AvgIpc) is 3.46. The zero-order valence-corrected chi connectivity index (χ0v) is 24.8. The maximum Gasteiger partial charge on any atom is 0.180 e. The van der Waals surface area contributed by atoms with Crippen LogP contribution in [-0.2, 0) is 19.3 Å². The predicted octanol–water partition coefficient (Wildman–Crippen LogP) is 5.64. The lowest BCUT2D eigenvalue weighted by atomic mass is 9.98. The van der Waals surface area contributed by atoms with Gasteiger partial charge in [0.2, 0.25) is 0 Å². The molecule has 9 heteroatoms. The van der Waals surface area contributed by atoms with Crippen molar-refractivity contribution >= 4 is 45.0 Å². The highest BCUT2D eigenvalue weighted by molar-refractivity contribution is 5.83. The van der Waals surface area contributed by atoms with Crippen molar-refractivity contribution in [3.05, 3.63) is 71.8 Å². The molecule has 214 valence electrons. The third-order valence-corrected chi connectivity index (χ3v) is 6.83. The van der Waals surface area contributed by atoms with Gasteiger partial charge in [-0.25, -0.2) is 19.9 Å². The number of aromatic nitrogens is 6. The van der Waals surface area contributed by atoms with E-state index in [1.54, 1.807) is 0 Å². The van der Waals surface area contributed by atoms with Crippen molar-refractivity contribution in [1.82, 2.24) is 28.7 Å². The first-order valence-corrected chi connectivity index (χ1v) is 14.2. The van der Waals surface area contributed by atoms with E-state index in [9.17, 15) is 5.11 Å². The zero-order valence-electron chi connectivity index (χ0n) is 24.8. The van der Waals surface area contributed by atoms with Crippen LogP contribution in [0.5, 0.6) is 0 Å². The fourth-order valence-electron chi connectivity index (χ4n) is 5.25. The lowest BCUT2D eigenvalue weighted by Gasteiger charge is -2.19. The Kier molecular flexibility index (Phi) is 7.57. The van der Waals surface area contributed by atoms with E-state index in [-0.39, 0.29) is 0 Å². The highest BCUT2D eigenvalue weighted by Gasteiger charge is 2.23. The summed E-state index contributed by atoms with van der Waals surface area (Å²) in [4.78, 5) is 18.2. The van der Waals surface area contributed by atoms with Crippen LogP contribution in [-0.4, -0.2) is 39.4 Å². The van der Waals surface area contributed by atoms with E-state index in [0.717, 1.165) is 57.6 Å². The second-order valence-electron chi connectivity index (χ2n) is 12.2. The molecule has 41 heavy (non-hydrogen) atoms. The van der Waals surface area contributed by atoms with Crippen LogP contribution in [0.1, 0.15) is 58.6 Å². The Morgan fingerprint density at radius 3 is 1.93 bits per heavy atom. The fraction of sp³-hybridized carbons (Fsp3) is 0.375. The molecule has 0 aliphatic heterocycles. The summed E-state index contributed by atoms with van der Waals surface area (Å²) < 4.78 is 4.10. The minimum Gasteiger partial charge on any atom is -0.390 e. The number of aliphatic hydroxyl groups is 1. The van der Waals surface area contributed by atoms with Crippen LogP contribution in [0, 0.1) is 11.8 Å². The number of rotatable bonds is 6. The molecule has 0 aliphatic carbocycles. The van der Waals surface area contributed by atoms with E-state index in [2.05, 4.69) is 53.2 Å². The Bertz CT molecular complexity index is 1840. The summed E-state index contributed by atoms with van der Waals surface area (Å²) in [6.45, 7) is 12.3. The molecule has 0 atom stereocenters. The molecule has 0 fully saturated rings. The molecule has 9 nitrogen and oxygen atoms in total. The Balaban J connectivity index is 0.000000169. The fourth-order valence-corrected chi connectivity index (χ4v) is 5.25. The largest absolute Gasteiger partial charge is 0.390 e. The highest BCUT2D eigenvalue weighted by atomic mass is 16.3. The van der Waals surface area contributed by atoms with Crippen molar-refractivity contribution in [3.8, 4) is 0 Å². The first-order chi connectivity index (χ1) is 19.4. The highest BCUT2D eigenvalue weighted by Crippen LogP contribution is 2.27. The quantitative estimate of drug-likeness (QED) is 0.243. The summed E-state index contributed by atoms with van der Waals surface area (Å²) in [5, 5.41) is 10.4. The lowest BCUT2D eigenvalue weighted by molar-refractivity contribution is 0.0795. The number of hydrogen-bond donors (Lipinski definition) is 3. The normalized spacial score (nSPS) is 12.2. The second kappa shape index (κ2) is 11.0. The molecule has 6 aromatic rings. The Labute approximate surface area is 240 Å². The van der Waals surface area contributed by atoms with Gasteiger partial charge in [-0.3, -0.25) is 8.80 Å². The third kappa shape index (κ3) is 5.95. The molecular weight excluding hydrogens is 512 g/mol. The third-order valence-electron chi connectivity index (χ3n) is 6.83. The molecule has 0 spiro atoms. The van der Waals surface area contributed by atoms with E-state index >= 15 is 0 Å². The van der Waals surface area contributed by atoms with Gasteiger partial charge in [0.15, 0.2) is 22.9 Å². The van der Waals surface area contributed by atoms with Gasteiger partial charge in [-0.05, 0) is 62.8 Å². The molecule has 0 bridgehead atoms. The van der Waals surface area contributed by atoms with Gasteiger partial charge in [0.05, 0.1) is 39.1 Å². The number of para-hydroxylation sites is 4. The van der Waals surface area contributed by atoms with Gasteiger partial charge in [-0.15, -0.1) is 0 Å². The summed E-state index contributed by atoms with van der Waals surface area (Å²) in [6.07, 6.45) is 4.38. The van der Waals surface area contributed by atoms with Crippen molar-refractivity contribution in [3.63, 3.8) is 0 Å². The van der Waals surface area contributed by atoms with E-state index in [1.165, 1.54) is 0 Å². The molecule has 2 aromatic carbocycles. The number of fused-ring (bicyclic) bond motifs is 6. The lowest BCUT2D eigenvalue weighted by Crippen LogP contribution is -2.24. The van der Waals surface area contributed by atoms with Crippen LogP contribution in [0.25, 0.3) is 33.4 Å². The van der Waals surface area contributed by atoms with Crippen molar-refractivity contribution in [2.24, 2.45) is 11.8 Å². The molecule has 0 radical (unpaired) electrons. The van der Waals surface area contributed by atoms with Gasteiger partial charge in [0.1, 0.15) is 0 Å². The summed E-state index contributed by atoms with van der Waals surface area (Å²) in [7, 11) is 0. The van der Waals surface area contributed by atoms with Crippen LogP contribution in [0.15, 0.2) is 54.7 Å². The average molecular weight is 553 g/mol. The van der Waals surface area contributed by atoms with Gasteiger partial charge >= 0.3 is 0 Å². The van der Waals surface area contributed by atoms with Gasteiger partial charge in [0, 0.05) is 18.3 Å². The number of nitrogens with zero attached hydrogens (tertiary/aromatic N) is 6. The molecule has 6 rings (SSSR count). The molecule has 0 unspecified atom stereocenters. The van der Waals surface area contributed by atoms with Crippen LogP contribution in [0.2, 0.25) is 0 Å². The summed E-state index contributed by atoms with van der Waals surface area (Å²) >= 11 is 0. The van der Waals surface area contributed by atoms with Gasteiger partial charge in [-0.1, -0.05) is 52.0 Å². The van der Waals surface area contributed by atoms with Crippen molar-refractivity contribution in [2.45, 2.75) is 66.4 Å². The first kappa shape index (κ1) is 28.3. The first-order valence-electron chi connectivity index (χ1n) is 14.2. The molecule has 4 heterocycles. The summed E-state index contributed by atoms with van der Waals surface area (Å²) in [5.41, 5.74) is 19.6. The maximum absolute atomic E-state index is 10.4. The number of imidazole rings is 2. The van der Waals surface area contributed by atoms with Gasteiger partial charge in [0.25, 0.3) is 0 Å². The summed E-state index contributed by atoms with van der Waals surface area (Å²) in [5.74, 6) is 1.97. The molecule has 0 saturated carbocycles. The van der Waals surface area contributed by atoms with Gasteiger partial charge in [-0.2, -0.15) is 0 Å². The van der Waals surface area contributed by atoms with Gasteiger partial charge < -0.3 is 16.6 Å². The predicted molar refractivity (Wildman–Crippen MR) is 167 cm³/mol. The zero-order chi connectivity index (χ0) is 29.5. The van der Waals surface area contributed by atoms with E-state index in [4.69, 9.17) is 16.5 Å². The number of hydrogen-bond acceptors (Lipinski definition) is 7. The molecule has 4 aromatic heterocycles. The summed E-state index contributed by atoms with van der Waals surface area (Å²) in [6, 6.07) is 15.9. The monoisotopic (exact) mass is 552 g/mol. The second-order valence-corrected chi connectivity index (χ2v) is 12.2. The molecular formula is C32H40N8O. The van der Waals surface area contributed by atoms with Crippen LogP contribution < -0.4 is 11.5 Å². The van der Waals surface area contributed by atoms with E-state index in [1.807, 2.05) is 66.8 Å². The molecule has 5 N–H and O–H groups in total. The minimum atomic E-state index is -0.819. The maximum atomic E-state index is 10.4. The van der Waals surface area contributed by atoms with Crippen LogP contribution in [0.3, 0.4) is 0 Å². The van der Waals surface area contributed by atoms with E-state index in [0.29, 0.717) is 35.5 Å². The minimum absolute atomic E-state index is 0.427. The number of benzene rings is 2. The Morgan fingerprint density at radius 1 is 0.756 bits per heavy atom. The van der Waals surface area contributed by atoms with Crippen LogP contribution >= 0.6 is 0 Å². The smallest absolute Gasteiger partial charge is 0.180 e. The Hall–Kier alpha value is -4.24. The number of anilines is 2. The standard InChI is InChI=1S/C18H24N4O.C14H16N4/c1-11(2)9-13-15(10-18(3,4)23)22-14-8-6-5-7-12(14)20-16(19)17(22)21-13;1-9(2)7-10-8-18-12-6-4-3-5-11(12)17-13(15)14(18)16-10/h5-8,11,23H,9-10H2,1-4H3,(H2,19,20);3-6,8-9H,7H2,1-2H3,(H2,15,17). The van der Waals surface area contributed by atoms with Crippen molar-refractivity contribution in [2.75, 3.05) is 11.5 Å². The molecule has 0 amide bonds. The number of nitrogens with two attached hydrogens (primary N) is 2. The van der Waals surface area contributed by atoms with Crippen molar-refractivity contribution < 1.29 is 5.11 Å². The topological polar surface area (TPSA) is 133 Å². The molecule has 0 aliphatic rings. The Morgan fingerprint density at radius 2 is 1.32 bits per heavy atom. The number of nitrogen functional groups attached to an aromatic ring is 2. The SMILES string of the molecule is CC(C)Cc1cn2c(n1)c(N)nc1ccccc12.CC(C)Cc1nc2c(N)nc3ccccc3n2c1CC(C)(C)O. The molecule has 0 saturated heterocycles. The van der Waals surface area contributed by atoms with Crippen LogP contribution in [0.4, 0.5) is 11.6 Å². The van der Waals surface area contributed by atoms with Crippen molar-refractivity contribution in [1.29, 1.82) is 0 Å². The van der Waals surface area contributed by atoms with E-state index < -0.39 is 5.60 Å².